The molecule has 2 heterocycles. The number of Topliss-reactive ketones (excluding diaryl/α,β-unsaturated/α-hetero) is 1. The molecule has 0 spiro atoms. The Morgan fingerprint density at radius 1 is 1.15 bits per heavy atom. The van der Waals surface area contributed by atoms with Gasteiger partial charge in [0.25, 0.3) is 5.91 Å². The van der Waals surface area contributed by atoms with Crippen molar-refractivity contribution in [2.75, 3.05) is 10.6 Å². The molecule has 1 atom stereocenters. The Labute approximate surface area is 195 Å². The summed E-state index contributed by atoms with van der Waals surface area (Å²) >= 11 is 6.10. The number of halogens is 2. The van der Waals surface area contributed by atoms with Crippen molar-refractivity contribution >= 4 is 34.8 Å². The first kappa shape index (κ1) is 21.4. The predicted molar refractivity (Wildman–Crippen MR) is 125 cm³/mol. The summed E-state index contributed by atoms with van der Waals surface area (Å²) in [6, 6.07) is 12.4. The van der Waals surface area contributed by atoms with E-state index >= 15 is 0 Å². The van der Waals surface area contributed by atoms with Gasteiger partial charge in [0.1, 0.15) is 23.2 Å². The van der Waals surface area contributed by atoms with Crippen LogP contribution in [0.5, 0.6) is 0 Å². The number of anilines is 2. The molecule has 0 bridgehead atoms. The van der Waals surface area contributed by atoms with E-state index in [2.05, 4.69) is 29.6 Å². The second-order valence-electron chi connectivity index (χ2n) is 9.22. The van der Waals surface area contributed by atoms with Crippen LogP contribution in [0.3, 0.4) is 0 Å². The third-order valence-corrected chi connectivity index (χ3v) is 6.29. The summed E-state index contributed by atoms with van der Waals surface area (Å²) < 4.78 is 14.9. The Bertz CT molecular complexity index is 1290. The third kappa shape index (κ3) is 3.93. The quantitative estimate of drug-likeness (QED) is 0.530. The third-order valence-electron chi connectivity index (χ3n) is 6.04. The lowest BCUT2D eigenvalue weighted by atomic mass is 9.73. The molecule has 0 radical (unpaired) electrons. The van der Waals surface area contributed by atoms with Crippen LogP contribution < -0.4 is 10.6 Å². The summed E-state index contributed by atoms with van der Waals surface area (Å²) in [6.45, 7) is 4.11. The first-order valence-corrected chi connectivity index (χ1v) is 11.0. The van der Waals surface area contributed by atoms with Gasteiger partial charge in [-0.25, -0.2) is 9.07 Å². The molecule has 1 unspecified atom stereocenters. The van der Waals surface area contributed by atoms with E-state index < -0.39 is 6.04 Å². The molecule has 33 heavy (non-hydrogen) atoms. The molecule has 1 aromatic heterocycles. The molecular weight excluding hydrogens is 443 g/mol. The number of nitrogens with zero attached hydrogens (tertiary/aromatic N) is 2. The lowest BCUT2D eigenvalue weighted by molar-refractivity contribution is -0.118. The number of rotatable bonds is 3. The highest BCUT2D eigenvalue weighted by Gasteiger charge is 2.42. The van der Waals surface area contributed by atoms with Crippen molar-refractivity contribution in [1.82, 2.24) is 9.78 Å². The van der Waals surface area contributed by atoms with E-state index in [1.54, 1.807) is 16.8 Å². The second-order valence-corrected chi connectivity index (χ2v) is 9.66. The number of benzene rings is 2. The molecule has 168 valence electrons. The van der Waals surface area contributed by atoms with Gasteiger partial charge < -0.3 is 10.6 Å². The molecule has 6 nitrogen and oxygen atoms in total. The van der Waals surface area contributed by atoms with E-state index in [0.717, 1.165) is 11.3 Å². The predicted octanol–water partition coefficient (Wildman–Crippen LogP) is 5.59. The van der Waals surface area contributed by atoms with E-state index in [1.165, 1.54) is 30.5 Å². The van der Waals surface area contributed by atoms with Crippen molar-refractivity contribution in [3.63, 3.8) is 0 Å². The van der Waals surface area contributed by atoms with Crippen molar-refractivity contribution in [2.24, 2.45) is 5.41 Å². The Morgan fingerprint density at radius 2 is 1.85 bits per heavy atom. The minimum Gasteiger partial charge on any atom is -0.343 e. The van der Waals surface area contributed by atoms with E-state index in [0.29, 0.717) is 40.5 Å². The molecule has 0 saturated carbocycles. The highest BCUT2D eigenvalue weighted by molar-refractivity contribution is 6.30. The van der Waals surface area contributed by atoms with Crippen LogP contribution in [-0.4, -0.2) is 21.5 Å². The smallest absolute Gasteiger partial charge is 0.261 e. The van der Waals surface area contributed by atoms with E-state index in [1.807, 2.05) is 12.1 Å². The molecule has 5 rings (SSSR count). The van der Waals surface area contributed by atoms with Gasteiger partial charge in [0.05, 0.1) is 6.20 Å². The van der Waals surface area contributed by atoms with Crippen LogP contribution in [0.15, 0.2) is 66.0 Å². The van der Waals surface area contributed by atoms with Crippen LogP contribution >= 0.6 is 11.6 Å². The molecular formula is C25H22ClFN4O2. The lowest BCUT2D eigenvalue weighted by Gasteiger charge is -2.39. The van der Waals surface area contributed by atoms with Crippen LogP contribution in [0.25, 0.3) is 0 Å². The standard InChI is InChI=1S/C25H22ClFN4O2/c1-25(2)11-19-21(20(32)12-25)22(14-3-5-15(26)6-4-14)31-23(30-19)18(13-28-31)24(33)29-17-9-7-16(27)8-10-17/h3-10,13,22,30H,11-12H2,1-2H3,(H,29,33). The largest absolute Gasteiger partial charge is 0.343 e. The van der Waals surface area contributed by atoms with Crippen LogP contribution in [0.4, 0.5) is 15.9 Å². The average Bonchev–Trinajstić information content (AvgIpc) is 3.17. The first-order chi connectivity index (χ1) is 15.7. The number of nitrogens with one attached hydrogen (secondary N) is 2. The second kappa shape index (κ2) is 7.85. The Kier molecular flexibility index (Phi) is 5.09. The van der Waals surface area contributed by atoms with Crippen LogP contribution in [-0.2, 0) is 4.79 Å². The Hall–Kier alpha value is -3.45. The van der Waals surface area contributed by atoms with E-state index in [9.17, 15) is 14.0 Å². The number of aromatic nitrogens is 2. The normalized spacial score (nSPS) is 18.9. The SMILES string of the molecule is CC1(C)CC(=O)C2=C(C1)Nc1c(C(=O)Nc3ccc(F)cc3)cnn1C2c1ccc(Cl)cc1. The molecule has 1 aliphatic carbocycles. The molecule has 3 aromatic rings. The van der Waals surface area contributed by atoms with Crippen molar-refractivity contribution in [2.45, 2.75) is 32.7 Å². The summed E-state index contributed by atoms with van der Waals surface area (Å²) in [5.74, 6) is -0.186. The van der Waals surface area contributed by atoms with Crippen LogP contribution in [0, 0.1) is 11.2 Å². The zero-order valence-electron chi connectivity index (χ0n) is 18.2. The monoisotopic (exact) mass is 464 g/mol. The highest BCUT2D eigenvalue weighted by atomic mass is 35.5. The number of fused-ring (bicyclic) bond motifs is 1. The summed E-state index contributed by atoms with van der Waals surface area (Å²) in [6.07, 6.45) is 2.59. The molecule has 0 saturated heterocycles. The van der Waals surface area contributed by atoms with Crippen molar-refractivity contribution in [3.05, 3.63) is 88.0 Å². The summed E-state index contributed by atoms with van der Waals surface area (Å²) in [5.41, 5.74) is 2.93. The average molecular weight is 465 g/mol. The number of ketones is 1. The van der Waals surface area contributed by atoms with Crippen molar-refractivity contribution in [3.8, 4) is 0 Å². The maximum absolute atomic E-state index is 13.2. The molecule has 2 N–H and O–H groups in total. The van der Waals surface area contributed by atoms with Crippen LogP contribution in [0.1, 0.15) is 48.7 Å². The minimum atomic E-state index is -0.468. The zero-order valence-corrected chi connectivity index (χ0v) is 18.9. The topological polar surface area (TPSA) is 76.0 Å². The fourth-order valence-electron chi connectivity index (χ4n) is 4.56. The Balaban J connectivity index is 1.58. The number of amides is 1. The van der Waals surface area contributed by atoms with Crippen molar-refractivity contribution < 1.29 is 14.0 Å². The zero-order chi connectivity index (χ0) is 23.3. The molecule has 0 fully saturated rings. The minimum absolute atomic E-state index is 0.0622. The van der Waals surface area contributed by atoms with Gasteiger partial charge in [0.15, 0.2) is 5.78 Å². The number of hydrogen-bond donors (Lipinski definition) is 2. The van der Waals surface area contributed by atoms with Gasteiger partial charge in [0.2, 0.25) is 0 Å². The van der Waals surface area contributed by atoms with Gasteiger partial charge in [-0.05, 0) is 53.8 Å². The maximum Gasteiger partial charge on any atom is 0.261 e. The Morgan fingerprint density at radius 3 is 2.55 bits per heavy atom. The number of carbonyl (C=O) groups excluding carboxylic acids is 2. The first-order valence-electron chi connectivity index (χ1n) is 10.6. The molecule has 8 heteroatoms. The van der Waals surface area contributed by atoms with E-state index in [4.69, 9.17) is 11.6 Å². The molecule has 2 aliphatic rings. The maximum atomic E-state index is 13.2. The highest BCUT2D eigenvalue weighted by Crippen LogP contribution is 2.46. The fraction of sp³-hybridized carbons (Fsp3) is 0.240. The van der Waals surface area contributed by atoms with E-state index in [-0.39, 0.29) is 22.9 Å². The summed E-state index contributed by atoms with van der Waals surface area (Å²) in [7, 11) is 0. The van der Waals surface area contributed by atoms with Crippen molar-refractivity contribution in [1.29, 1.82) is 0 Å². The molecule has 1 aliphatic heterocycles. The van der Waals surface area contributed by atoms with Gasteiger partial charge in [-0.1, -0.05) is 37.6 Å². The fourth-order valence-corrected chi connectivity index (χ4v) is 4.69. The van der Waals surface area contributed by atoms with Gasteiger partial charge in [-0.15, -0.1) is 0 Å². The molecule has 1 amide bonds. The summed E-state index contributed by atoms with van der Waals surface area (Å²) in [5, 5.41) is 11.2. The van der Waals surface area contributed by atoms with Gasteiger partial charge >= 0.3 is 0 Å². The lowest BCUT2D eigenvalue weighted by Crippen LogP contribution is -2.36. The molecule has 2 aromatic carbocycles. The number of carbonyl (C=O) groups is 2. The number of hydrogen-bond acceptors (Lipinski definition) is 4. The van der Waals surface area contributed by atoms with Gasteiger partial charge in [-0.3, -0.25) is 9.59 Å². The van der Waals surface area contributed by atoms with Gasteiger partial charge in [-0.2, -0.15) is 5.10 Å². The van der Waals surface area contributed by atoms with Crippen LogP contribution in [0.2, 0.25) is 5.02 Å². The summed E-state index contributed by atoms with van der Waals surface area (Å²) in [4.78, 5) is 26.3. The number of allylic oxidation sites excluding steroid dienone is 2. The van der Waals surface area contributed by atoms with Gasteiger partial charge in [0, 0.05) is 28.4 Å².